The number of benzene rings is 1. The number of guanidine groups is 1. The summed E-state index contributed by atoms with van der Waals surface area (Å²) in [6.07, 6.45) is -3.18. The molecule has 1 aromatic carbocycles. The summed E-state index contributed by atoms with van der Waals surface area (Å²) in [6.45, 7) is 4.65. The second-order valence-corrected chi connectivity index (χ2v) is 6.37. The molecular formula is C19H23F3IN5O. The minimum Gasteiger partial charge on any atom is -0.459 e. The lowest BCUT2D eigenvalue weighted by atomic mass is 10.1. The van der Waals surface area contributed by atoms with Crippen molar-refractivity contribution in [1.29, 1.82) is 0 Å². The van der Waals surface area contributed by atoms with Crippen molar-refractivity contribution in [3.05, 3.63) is 53.0 Å². The Labute approximate surface area is 183 Å². The molecule has 0 spiro atoms. The molecule has 29 heavy (non-hydrogen) atoms. The van der Waals surface area contributed by atoms with Crippen LogP contribution in [0.5, 0.6) is 0 Å². The minimum atomic E-state index is -4.51. The van der Waals surface area contributed by atoms with Gasteiger partial charge in [-0.25, -0.2) is 4.99 Å². The van der Waals surface area contributed by atoms with Crippen molar-refractivity contribution in [2.45, 2.75) is 33.1 Å². The van der Waals surface area contributed by atoms with E-state index in [9.17, 15) is 13.2 Å². The maximum Gasteiger partial charge on any atom is 0.435 e. The third kappa shape index (κ3) is 5.43. The van der Waals surface area contributed by atoms with Gasteiger partial charge in [-0.05, 0) is 19.9 Å². The molecule has 2 N–H and O–H groups in total. The average Bonchev–Trinajstić information content (AvgIpc) is 3.18. The Morgan fingerprint density at radius 1 is 1.24 bits per heavy atom. The van der Waals surface area contributed by atoms with Crippen LogP contribution in [0.3, 0.4) is 0 Å². The number of furan rings is 1. The fourth-order valence-electron chi connectivity index (χ4n) is 2.96. The van der Waals surface area contributed by atoms with E-state index in [0.717, 1.165) is 27.0 Å². The summed E-state index contributed by atoms with van der Waals surface area (Å²) < 4.78 is 46.2. The Morgan fingerprint density at radius 2 is 1.97 bits per heavy atom. The molecule has 10 heteroatoms. The Kier molecular flexibility index (Phi) is 7.55. The number of nitrogens with one attached hydrogen (secondary N) is 2. The van der Waals surface area contributed by atoms with E-state index in [0.29, 0.717) is 19.0 Å². The highest BCUT2D eigenvalue weighted by atomic mass is 127. The molecule has 3 aromatic rings. The number of nitrogens with zero attached hydrogens (tertiary/aromatic N) is 3. The summed E-state index contributed by atoms with van der Waals surface area (Å²) in [4.78, 5) is 4.27. The van der Waals surface area contributed by atoms with Crippen LogP contribution in [0.2, 0.25) is 0 Å². The van der Waals surface area contributed by atoms with E-state index < -0.39 is 11.9 Å². The Morgan fingerprint density at radius 3 is 2.62 bits per heavy atom. The number of hydrogen-bond donors (Lipinski definition) is 2. The van der Waals surface area contributed by atoms with Gasteiger partial charge in [0.05, 0.1) is 13.1 Å². The van der Waals surface area contributed by atoms with E-state index in [2.05, 4.69) is 20.7 Å². The van der Waals surface area contributed by atoms with E-state index in [4.69, 9.17) is 4.42 Å². The zero-order chi connectivity index (χ0) is 20.3. The number of fused-ring (bicyclic) bond motifs is 1. The maximum atomic E-state index is 13.1. The van der Waals surface area contributed by atoms with Crippen molar-refractivity contribution in [2.75, 3.05) is 6.54 Å². The molecule has 0 fully saturated rings. The van der Waals surface area contributed by atoms with Gasteiger partial charge in [0.15, 0.2) is 11.7 Å². The number of aliphatic imine (C=N–C) groups is 1. The van der Waals surface area contributed by atoms with Crippen molar-refractivity contribution in [2.24, 2.45) is 12.0 Å². The quantitative estimate of drug-likeness (QED) is 0.298. The molecule has 0 unspecified atom stereocenters. The van der Waals surface area contributed by atoms with Crippen LogP contribution >= 0.6 is 24.0 Å². The molecule has 0 aliphatic rings. The molecule has 0 radical (unpaired) electrons. The number of aryl methyl sites for hydroxylation is 2. The van der Waals surface area contributed by atoms with Crippen LogP contribution in [-0.2, 0) is 26.3 Å². The molecule has 0 amide bonds. The molecule has 6 nitrogen and oxygen atoms in total. The molecule has 0 saturated carbocycles. The molecule has 158 valence electrons. The molecular weight excluding hydrogens is 498 g/mol. The second-order valence-electron chi connectivity index (χ2n) is 6.37. The SMILES string of the molecule is CCNC(=NCc1cn(C)nc1C(F)(F)F)NCc1oc2ccccc2c1C.I. The van der Waals surface area contributed by atoms with Crippen LogP contribution in [0.25, 0.3) is 11.0 Å². The summed E-state index contributed by atoms with van der Waals surface area (Å²) in [5, 5.41) is 10.7. The van der Waals surface area contributed by atoms with Crippen LogP contribution in [0.4, 0.5) is 13.2 Å². The standard InChI is InChI=1S/C19H22F3N5O.HI/c1-4-23-18(24-9-13-11-27(3)26-17(13)19(20,21)22)25-10-16-12(2)14-7-5-6-8-15(14)28-16;/h5-8,11H,4,9-10H2,1-3H3,(H2,23,24,25);1H. The first-order chi connectivity index (χ1) is 13.3. The van der Waals surface area contributed by atoms with E-state index in [1.54, 1.807) is 0 Å². The lowest BCUT2D eigenvalue weighted by molar-refractivity contribution is -0.142. The van der Waals surface area contributed by atoms with Crippen molar-refractivity contribution < 1.29 is 17.6 Å². The second kappa shape index (κ2) is 9.51. The zero-order valence-electron chi connectivity index (χ0n) is 16.3. The largest absolute Gasteiger partial charge is 0.459 e. The van der Waals surface area contributed by atoms with Crippen LogP contribution in [-0.4, -0.2) is 22.3 Å². The smallest absolute Gasteiger partial charge is 0.435 e. The maximum absolute atomic E-state index is 13.1. The minimum absolute atomic E-state index is 0. The van der Waals surface area contributed by atoms with Gasteiger partial charge in [-0.2, -0.15) is 18.3 Å². The zero-order valence-corrected chi connectivity index (χ0v) is 18.6. The highest BCUT2D eigenvalue weighted by molar-refractivity contribution is 14.0. The predicted molar refractivity (Wildman–Crippen MR) is 116 cm³/mol. The molecule has 0 bridgehead atoms. The van der Waals surface area contributed by atoms with Gasteiger partial charge in [0, 0.05) is 36.3 Å². The number of halogens is 4. The fourth-order valence-corrected chi connectivity index (χ4v) is 2.96. The van der Waals surface area contributed by atoms with Gasteiger partial charge in [0.1, 0.15) is 11.3 Å². The summed E-state index contributed by atoms with van der Waals surface area (Å²) in [7, 11) is 1.45. The van der Waals surface area contributed by atoms with Crippen LogP contribution in [0.15, 0.2) is 39.9 Å². The van der Waals surface area contributed by atoms with Gasteiger partial charge in [-0.15, -0.1) is 24.0 Å². The number of alkyl halides is 3. The fraction of sp³-hybridized carbons (Fsp3) is 0.368. The predicted octanol–water partition coefficient (Wildman–Crippen LogP) is 4.37. The van der Waals surface area contributed by atoms with Crippen molar-refractivity contribution in [1.82, 2.24) is 20.4 Å². The molecule has 2 heterocycles. The molecule has 3 rings (SSSR count). The topological polar surface area (TPSA) is 67.4 Å². The summed E-state index contributed by atoms with van der Waals surface area (Å²) in [5.41, 5.74) is 0.921. The van der Waals surface area contributed by atoms with Crippen molar-refractivity contribution >= 4 is 40.9 Å². The van der Waals surface area contributed by atoms with Gasteiger partial charge in [-0.3, -0.25) is 4.68 Å². The van der Waals surface area contributed by atoms with E-state index in [-0.39, 0.29) is 36.1 Å². The lowest BCUT2D eigenvalue weighted by Gasteiger charge is -2.11. The third-order valence-corrected chi connectivity index (χ3v) is 4.28. The number of hydrogen-bond acceptors (Lipinski definition) is 3. The van der Waals surface area contributed by atoms with Crippen molar-refractivity contribution in [3.63, 3.8) is 0 Å². The Balaban J connectivity index is 0.00000300. The first-order valence-corrected chi connectivity index (χ1v) is 8.88. The highest BCUT2D eigenvalue weighted by Gasteiger charge is 2.36. The Bertz CT molecular complexity index is 994. The van der Waals surface area contributed by atoms with Crippen molar-refractivity contribution in [3.8, 4) is 0 Å². The molecule has 0 saturated heterocycles. The van der Waals surface area contributed by atoms with E-state index in [1.165, 1.54) is 13.2 Å². The summed E-state index contributed by atoms with van der Waals surface area (Å²) >= 11 is 0. The molecule has 0 aliphatic heterocycles. The average molecular weight is 521 g/mol. The number of aromatic nitrogens is 2. The lowest BCUT2D eigenvalue weighted by Crippen LogP contribution is -2.36. The highest BCUT2D eigenvalue weighted by Crippen LogP contribution is 2.30. The van der Waals surface area contributed by atoms with Gasteiger partial charge in [0.2, 0.25) is 0 Å². The van der Waals surface area contributed by atoms with Gasteiger partial charge in [-0.1, -0.05) is 18.2 Å². The van der Waals surface area contributed by atoms with Crippen LogP contribution in [0.1, 0.15) is 29.5 Å². The summed E-state index contributed by atoms with van der Waals surface area (Å²) in [5.74, 6) is 1.16. The summed E-state index contributed by atoms with van der Waals surface area (Å²) in [6, 6.07) is 7.73. The molecule has 2 aromatic heterocycles. The van der Waals surface area contributed by atoms with Crippen LogP contribution < -0.4 is 10.6 Å². The van der Waals surface area contributed by atoms with Gasteiger partial charge in [0.25, 0.3) is 0 Å². The van der Waals surface area contributed by atoms with Gasteiger partial charge >= 0.3 is 6.18 Å². The molecule has 0 aliphatic carbocycles. The number of rotatable bonds is 5. The number of para-hydroxylation sites is 1. The normalized spacial score (nSPS) is 12.1. The third-order valence-electron chi connectivity index (χ3n) is 4.28. The first kappa shape index (κ1) is 23.0. The Hall–Kier alpha value is -2.24. The van der Waals surface area contributed by atoms with E-state index in [1.807, 2.05) is 38.1 Å². The van der Waals surface area contributed by atoms with Crippen LogP contribution in [0, 0.1) is 6.92 Å². The molecule has 0 atom stereocenters. The first-order valence-electron chi connectivity index (χ1n) is 8.88. The monoisotopic (exact) mass is 521 g/mol. The van der Waals surface area contributed by atoms with Gasteiger partial charge < -0.3 is 15.1 Å². The van der Waals surface area contributed by atoms with E-state index >= 15 is 0 Å².